The van der Waals surface area contributed by atoms with Crippen molar-refractivity contribution in [2.75, 3.05) is 11.1 Å². The number of primary amides is 1. The first-order chi connectivity index (χ1) is 8.97. The fourth-order valence-corrected chi connectivity index (χ4v) is 2.19. The number of pyridine rings is 1. The molecule has 2 rings (SSSR count). The maximum Gasteiger partial charge on any atom is 0.250 e. The van der Waals surface area contributed by atoms with Crippen molar-refractivity contribution in [2.24, 2.45) is 5.73 Å². The van der Waals surface area contributed by atoms with Crippen LogP contribution in [-0.4, -0.2) is 10.9 Å². The molecule has 1 aromatic carbocycles. The van der Waals surface area contributed by atoms with Gasteiger partial charge in [0.2, 0.25) is 0 Å². The van der Waals surface area contributed by atoms with Crippen molar-refractivity contribution in [3.63, 3.8) is 0 Å². The van der Waals surface area contributed by atoms with Gasteiger partial charge in [0.05, 0.1) is 23.1 Å². The van der Waals surface area contributed by atoms with Crippen molar-refractivity contribution in [3.8, 4) is 0 Å². The number of nitrogens with one attached hydrogen (secondary N) is 1. The molecule has 98 valence electrons. The Bertz CT molecular complexity index is 646. The van der Waals surface area contributed by atoms with Crippen LogP contribution in [-0.2, 0) is 0 Å². The van der Waals surface area contributed by atoms with Gasteiger partial charge < -0.3 is 16.8 Å². The third-order valence-corrected chi connectivity index (χ3v) is 3.58. The van der Waals surface area contributed by atoms with Crippen molar-refractivity contribution < 1.29 is 4.79 Å². The lowest BCUT2D eigenvalue weighted by Crippen LogP contribution is -2.14. The first-order valence-electron chi connectivity index (χ1n) is 5.25. The molecular formula is C12H10Br2N4O. The lowest BCUT2D eigenvalue weighted by molar-refractivity contribution is 0.100. The summed E-state index contributed by atoms with van der Waals surface area (Å²) >= 11 is 6.81. The Morgan fingerprint density at radius 1 is 1.26 bits per heavy atom. The van der Waals surface area contributed by atoms with E-state index in [-0.39, 0.29) is 11.3 Å². The van der Waals surface area contributed by atoms with E-state index in [1.54, 1.807) is 0 Å². The van der Waals surface area contributed by atoms with Gasteiger partial charge >= 0.3 is 0 Å². The Kier molecular flexibility index (Phi) is 4.06. The lowest BCUT2D eigenvalue weighted by Gasteiger charge is -2.10. The number of amides is 1. The zero-order valence-corrected chi connectivity index (χ0v) is 12.8. The number of halogens is 2. The van der Waals surface area contributed by atoms with Crippen molar-refractivity contribution in [1.29, 1.82) is 0 Å². The van der Waals surface area contributed by atoms with Crippen LogP contribution in [0.2, 0.25) is 0 Å². The van der Waals surface area contributed by atoms with E-state index < -0.39 is 5.91 Å². The van der Waals surface area contributed by atoms with Gasteiger partial charge in [-0.3, -0.25) is 4.79 Å². The highest BCUT2D eigenvalue weighted by atomic mass is 79.9. The smallest absolute Gasteiger partial charge is 0.250 e. The maximum atomic E-state index is 11.2. The molecule has 2 aromatic rings. The molecule has 0 atom stereocenters. The number of nitrogens with two attached hydrogens (primary N) is 2. The lowest BCUT2D eigenvalue weighted by atomic mass is 10.2. The highest BCUT2D eigenvalue weighted by molar-refractivity contribution is 9.11. The van der Waals surface area contributed by atoms with Crippen molar-refractivity contribution in [1.82, 2.24) is 4.98 Å². The number of hydrogen-bond acceptors (Lipinski definition) is 4. The summed E-state index contributed by atoms with van der Waals surface area (Å²) < 4.78 is 1.79. The monoisotopic (exact) mass is 384 g/mol. The molecule has 5 N–H and O–H groups in total. The molecule has 0 saturated heterocycles. The molecule has 1 heterocycles. The molecule has 7 heteroatoms. The zero-order valence-electron chi connectivity index (χ0n) is 9.65. The summed E-state index contributed by atoms with van der Waals surface area (Å²) in [5.74, 6) is -0.0990. The first-order valence-corrected chi connectivity index (χ1v) is 6.83. The van der Waals surface area contributed by atoms with Gasteiger partial charge in [-0.1, -0.05) is 15.9 Å². The number of benzene rings is 1. The minimum atomic E-state index is -0.587. The molecule has 5 nitrogen and oxygen atoms in total. The molecule has 0 radical (unpaired) electrons. The van der Waals surface area contributed by atoms with Gasteiger partial charge in [0, 0.05) is 8.95 Å². The average molecular weight is 386 g/mol. The quantitative estimate of drug-likeness (QED) is 0.756. The van der Waals surface area contributed by atoms with Crippen LogP contribution in [0.3, 0.4) is 0 Å². The van der Waals surface area contributed by atoms with E-state index in [9.17, 15) is 4.79 Å². The number of rotatable bonds is 3. The molecule has 0 saturated carbocycles. The van der Waals surface area contributed by atoms with Gasteiger partial charge in [0.1, 0.15) is 5.82 Å². The number of carbonyl (C=O) groups is 1. The number of anilines is 3. The van der Waals surface area contributed by atoms with Gasteiger partial charge in [-0.25, -0.2) is 4.98 Å². The van der Waals surface area contributed by atoms with E-state index in [0.717, 1.165) is 14.6 Å². The molecule has 0 aliphatic carbocycles. The van der Waals surface area contributed by atoms with E-state index in [2.05, 4.69) is 42.2 Å². The van der Waals surface area contributed by atoms with Gasteiger partial charge in [0.15, 0.2) is 0 Å². The molecule has 0 bridgehead atoms. The molecule has 0 unspecified atom stereocenters. The van der Waals surface area contributed by atoms with Crippen molar-refractivity contribution in [2.45, 2.75) is 0 Å². The van der Waals surface area contributed by atoms with Gasteiger partial charge in [-0.15, -0.1) is 0 Å². The molecule has 0 aliphatic rings. The van der Waals surface area contributed by atoms with Crippen LogP contribution < -0.4 is 16.8 Å². The molecule has 0 spiro atoms. The summed E-state index contributed by atoms with van der Waals surface area (Å²) in [4.78, 5) is 15.3. The Balaban J connectivity index is 2.36. The first kappa shape index (κ1) is 13.8. The average Bonchev–Trinajstić information content (AvgIpc) is 2.36. The fourth-order valence-electron chi connectivity index (χ4n) is 1.48. The summed E-state index contributed by atoms with van der Waals surface area (Å²) in [7, 11) is 0. The third kappa shape index (κ3) is 3.24. The molecular weight excluding hydrogens is 376 g/mol. The minimum absolute atomic E-state index is 0.239. The van der Waals surface area contributed by atoms with E-state index >= 15 is 0 Å². The summed E-state index contributed by atoms with van der Waals surface area (Å²) in [5, 5.41) is 3.08. The highest BCUT2D eigenvalue weighted by Gasteiger charge is 2.09. The normalized spacial score (nSPS) is 10.2. The predicted molar refractivity (Wildman–Crippen MR) is 82.3 cm³/mol. The summed E-state index contributed by atoms with van der Waals surface area (Å²) in [6.45, 7) is 0. The molecule has 0 fully saturated rings. The van der Waals surface area contributed by atoms with Crippen LogP contribution in [0.15, 0.2) is 39.4 Å². The summed E-state index contributed by atoms with van der Waals surface area (Å²) in [6, 6.07) is 7.19. The highest BCUT2D eigenvalue weighted by Crippen LogP contribution is 2.29. The fraction of sp³-hybridized carbons (Fsp3) is 0. The largest absolute Gasteiger partial charge is 0.397 e. The Hall–Kier alpha value is -1.60. The third-order valence-electron chi connectivity index (χ3n) is 2.39. The van der Waals surface area contributed by atoms with Crippen molar-refractivity contribution >= 4 is 55.0 Å². The number of carbonyl (C=O) groups excluding carboxylic acids is 1. The number of aromatic nitrogens is 1. The second kappa shape index (κ2) is 5.58. The molecule has 1 amide bonds. The number of nitrogen functional groups attached to an aromatic ring is 1. The number of nitrogens with zero attached hydrogens (tertiary/aromatic N) is 1. The van der Waals surface area contributed by atoms with Crippen LogP contribution in [0.1, 0.15) is 10.4 Å². The van der Waals surface area contributed by atoms with Crippen LogP contribution in [0.25, 0.3) is 0 Å². The maximum absolute atomic E-state index is 11.2. The van der Waals surface area contributed by atoms with Gasteiger partial charge in [-0.2, -0.15) is 0 Å². The van der Waals surface area contributed by atoms with Crippen LogP contribution in [0, 0.1) is 0 Å². The molecule has 0 aliphatic heterocycles. The predicted octanol–water partition coefficient (Wildman–Crippen LogP) is 3.03. The number of hydrogen-bond donors (Lipinski definition) is 3. The standard InChI is InChI=1S/C12H10Br2N4O/c13-6-1-2-8(14)10(3-6)18-11-4-7(12(16)19)9(15)5-17-11/h1-5H,15H2,(H2,16,19)(H,17,18). The Morgan fingerprint density at radius 3 is 2.68 bits per heavy atom. The zero-order chi connectivity index (χ0) is 14.0. The van der Waals surface area contributed by atoms with Crippen molar-refractivity contribution in [3.05, 3.63) is 45.0 Å². The second-order valence-corrected chi connectivity index (χ2v) is 5.54. The molecule has 19 heavy (non-hydrogen) atoms. The topological polar surface area (TPSA) is 94.0 Å². The van der Waals surface area contributed by atoms with E-state index in [1.807, 2.05) is 18.2 Å². The Labute approximate surface area is 126 Å². The Morgan fingerprint density at radius 2 is 2.00 bits per heavy atom. The van der Waals surface area contributed by atoms with Crippen LogP contribution in [0.5, 0.6) is 0 Å². The minimum Gasteiger partial charge on any atom is -0.397 e. The van der Waals surface area contributed by atoms with Gasteiger partial charge in [-0.05, 0) is 40.2 Å². The summed E-state index contributed by atoms with van der Waals surface area (Å²) in [5.41, 5.74) is 12.2. The van der Waals surface area contributed by atoms with E-state index in [1.165, 1.54) is 12.3 Å². The van der Waals surface area contributed by atoms with Crippen LogP contribution in [0.4, 0.5) is 17.2 Å². The van der Waals surface area contributed by atoms with E-state index in [0.29, 0.717) is 5.82 Å². The SMILES string of the molecule is NC(=O)c1cc(Nc2cc(Br)ccc2Br)ncc1N. The second-order valence-electron chi connectivity index (χ2n) is 3.77. The van der Waals surface area contributed by atoms with E-state index in [4.69, 9.17) is 11.5 Å². The van der Waals surface area contributed by atoms with Crippen LogP contribution >= 0.6 is 31.9 Å². The summed E-state index contributed by atoms with van der Waals surface area (Å²) in [6.07, 6.45) is 1.40. The van der Waals surface area contributed by atoms with Gasteiger partial charge in [0.25, 0.3) is 5.91 Å². The molecule has 1 aromatic heterocycles.